The summed E-state index contributed by atoms with van der Waals surface area (Å²) in [5.41, 5.74) is 11.5. The molecule has 1 aromatic carbocycles. The van der Waals surface area contributed by atoms with Gasteiger partial charge in [-0.25, -0.2) is 4.79 Å². The van der Waals surface area contributed by atoms with Gasteiger partial charge < -0.3 is 21.8 Å². The molecule has 1 heterocycles. The van der Waals surface area contributed by atoms with Gasteiger partial charge in [0.1, 0.15) is 0 Å². The Morgan fingerprint density at radius 2 is 1.97 bits per heavy atom. The van der Waals surface area contributed by atoms with Crippen molar-refractivity contribution in [3.63, 3.8) is 0 Å². The Hall–Kier alpha value is -3.98. The van der Waals surface area contributed by atoms with E-state index in [9.17, 15) is 4.79 Å². The van der Waals surface area contributed by atoms with Gasteiger partial charge in [0.2, 0.25) is 5.96 Å². The number of rotatable bonds is 5. The Morgan fingerprint density at radius 1 is 1.20 bits per heavy atom. The summed E-state index contributed by atoms with van der Waals surface area (Å²) in [6.07, 6.45) is 9.58. The number of guanidine groups is 1. The molecule has 0 bridgehead atoms. The van der Waals surface area contributed by atoms with E-state index in [2.05, 4.69) is 43.1 Å². The molecule has 35 heavy (non-hydrogen) atoms. The monoisotopic (exact) mass is 533 g/mol. The van der Waals surface area contributed by atoms with Gasteiger partial charge in [0.05, 0.1) is 24.1 Å². The molecule has 2 aromatic rings. The third kappa shape index (κ3) is 6.77. The summed E-state index contributed by atoms with van der Waals surface area (Å²) in [5.74, 6) is 0.185. The second-order valence-electron chi connectivity index (χ2n) is 8.08. The minimum atomic E-state index is -0.493. The number of nitrogens with one attached hydrogen (secondary N) is 3. The number of allylic oxidation sites excluding steroid dienone is 4. The lowest BCUT2D eigenvalue weighted by Crippen LogP contribution is -2.38. The van der Waals surface area contributed by atoms with E-state index in [1.165, 1.54) is 12.4 Å². The molecule has 0 fully saturated rings. The molecule has 2 amide bonds. The number of amides is 2. The molecule has 0 radical (unpaired) electrons. The second-order valence-corrected chi connectivity index (χ2v) is 9.00. The summed E-state index contributed by atoms with van der Waals surface area (Å²) in [5, 5.41) is 14.0. The van der Waals surface area contributed by atoms with Crippen LogP contribution in [0.2, 0.25) is 0 Å². The zero-order valence-electron chi connectivity index (χ0n) is 19.9. The van der Waals surface area contributed by atoms with E-state index in [1.54, 1.807) is 29.4 Å². The Labute approximate surface area is 213 Å². The minimum absolute atomic E-state index is 0.185. The predicted molar refractivity (Wildman–Crippen MR) is 145 cm³/mol. The maximum Gasteiger partial charge on any atom is 0.351 e. The van der Waals surface area contributed by atoms with Gasteiger partial charge in [0.25, 0.3) is 0 Å². The van der Waals surface area contributed by atoms with Gasteiger partial charge in [0, 0.05) is 28.1 Å². The number of anilines is 1. The molecule has 9 heteroatoms. The Kier molecular flexibility index (Phi) is 8.38. The van der Waals surface area contributed by atoms with Crippen LogP contribution in [0, 0.1) is 19.3 Å². The van der Waals surface area contributed by atoms with Crippen LogP contribution in [0.25, 0.3) is 0 Å². The molecule has 0 aliphatic heterocycles. The van der Waals surface area contributed by atoms with Crippen LogP contribution in [0.15, 0.2) is 94.1 Å². The van der Waals surface area contributed by atoms with Crippen LogP contribution in [0.3, 0.4) is 0 Å². The van der Waals surface area contributed by atoms with Crippen LogP contribution in [0.1, 0.15) is 23.6 Å². The fourth-order valence-corrected chi connectivity index (χ4v) is 4.17. The third-order valence-corrected chi connectivity index (χ3v) is 5.58. The van der Waals surface area contributed by atoms with Crippen LogP contribution < -0.4 is 21.3 Å². The fraction of sp³-hybridized carbons (Fsp3) is 0.154. The van der Waals surface area contributed by atoms with Crippen molar-refractivity contribution in [2.24, 2.45) is 10.7 Å². The topological polar surface area (TPSA) is 119 Å². The van der Waals surface area contributed by atoms with Crippen molar-refractivity contribution in [3.05, 3.63) is 106 Å². The quantitative estimate of drug-likeness (QED) is 0.319. The molecule has 1 aliphatic carbocycles. The summed E-state index contributed by atoms with van der Waals surface area (Å²) >= 11 is 3.53. The maximum absolute atomic E-state index is 13.5. The van der Waals surface area contributed by atoms with Gasteiger partial charge in [-0.1, -0.05) is 28.6 Å². The number of aliphatic imine (C=N–C) groups is 1. The zero-order chi connectivity index (χ0) is 25.5. The molecule has 0 atom stereocenters. The fourth-order valence-electron chi connectivity index (χ4n) is 3.52. The standard InChI is InChI=1S/C26H28BrN7O/c1-5-31-25(32-24-11-20(12-28)23(29)9-18(24)4)33-26(35)34(22-8-17(3)13-30-14-22)15-19-6-16(2)7-21(27)10-19/h5-14,29H,1,15,28H2,2-4H3,(H2,31,32,33,35)/b20-12-,29-23?. The van der Waals surface area contributed by atoms with Crippen LogP contribution in [-0.2, 0) is 6.54 Å². The third-order valence-electron chi connectivity index (χ3n) is 5.12. The predicted octanol–water partition coefficient (Wildman–Crippen LogP) is 4.97. The molecule has 0 saturated heterocycles. The normalized spacial score (nSPS) is 14.8. The number of hydrogen-bond acceptors (Lipinski definition) is 4. The van der Waals surface area contributed by atoms with Crippen molar-refractivity contribution in [3.8, 4) is 0 Å². The van der Waals surface area contributed by atoms with Gasteiger partial charge >= 0.3 is 6.03 Å². The lowest BCUT2D eigenvalue weighted by molar-refractivity contribution is 0.254. The zero-order valence-corrected chi connectivity index (χ0v) is 21.5. The number of aromatic nitrogens is 1. The molecule has 0 spiro atoms. The molecule has 0 saturated carbocycles. The van der Waals surface area contributed by atoms with E-state index in [-0.39, 0.29) is 5.96 Å². The number of halogens is 1. The number of benzene rings is 1. The highest BCUT2D eigenvalue weighted by Crippen LogP contribution is 2.22. The molecule has 1 aliphatic rings. The molecule has 180 valence electrons. The van der Waals surface area contributed by atoms with Gasteiger partial charge in [0.15, 0.2) is 0 Å². The molecular weight excluding hydrogens is 506 g/mol. The van der Waals surface area contributed by atoms with E-state index in [4.69, 9.17) is 11.1 Å². The van der Waals surface area contributed by atoms with Crippen LogP contribution in [0.4, 0.5) is 10.5 Å². The van der Waals surface area contributed by atoms with Crippen LogP contribution >= 0.6 is 15.9 Å². The molecule has 0 unspecified atom stereocenters. The van der Waals surface area contributed by atoms with E-state index < -0.39 is 6.03 Å². The SMILES string of the molecule is C=CN/C(=N\C(=O)N(Cc1cc(C)cc(Br)c1)c1cncc(C)c1)NC1=C/C(=C/N)C(=N)C=C1C. The highest BCUT2D eigenvalue weighted by atomic mass is 79.9. The molecule has 1 aromatic heterocycles. The molecular formula is C26H28BrN7O. The number of nitrogens with zero attached hydrogens (tertiary/aromatic N) is 3. The van der Waals surface area contributed by atoms with Gasteiger partial charge in [-0.3, -0.25) is 9.88 Å². The lowest BCUT2D eigenvalue weighted by Gasteiger charge is -2.23. The number of pyridine rings is 1. The molecule has 3 rings (SSSR count). The highest BCUT2D eigenvalue weighted by Gasteiger charge is 2.19. The highest BCUT2D eigenvalue weighted by molar-refractivity contribution is 9.10. The van der Waals surface area contributed by atoms with Crippen molar-refractivity contribution >= 4 is 39.3 Å². The van der Waals surface area contributed by atoms with Crippen molar-refractivity contribution < 1.29 is 4.79 Å². The first-order chi connectivity index (χ1) is 16.7. The minimum Gasteiger partial charge on any atom is -0.404 e. The Balaban J connectivity index is 1.97. The summed E-state index contributed by atoms with van der Waals surface area (Å²) < 4.78 is 0.933. The molecule has 5 N–H and O–H groups in total. The van der Waals surface area contributed by atoms with Crippen LogP contribution in [0.5, 0.6) is 0 Å². The van der Waals surface area contributed by atoms with Crippen molar-refractivity contribution in [1.82, 2.24) is 15.6 Å². The summed E-state index contributed by atoms with van der Waals surface area (Å²) in [6, 6.07) is 7.40. The van der Waals surface area contributed by atoms with Crippen molar-refractivity contribution in [2.45, 2.75) is 27.3 Å². The van der Waals surface area contributed by atoms with Crippen LogP contribution in [-0.4, -0.2) is 22.7 Å². The van der Waals surface area contributed by atoms with Gasteiger partial charge in [-0.15, -0.1) is 0 Å². The summed E-state index contributed by atoms with van der Waals surface area (Å²) in [6.45, 7) is 9.77. The van der Waals surface area contributed by atoms with Gasteiger partial charge in [-0.05, 0) is 79.6 Å². The average Bonchev–Trinajstić information content (AvgIpc) is 2.78. The first-order valence-electron chi connectivity index (χ1n) is 10.8. The second kappa shape index (κ2) is 11.4. The van der Waals surface area contributed by atoms with Crippen molar-refractivity contribution in [2.75, 3.05) is 4.90 Å². The largest absolute Gasteiger partial charge is 0.404 e. The lowest BCUT2D eigenvalue weighted by atomic mass is 9.99. The first kappa shape index (κ1) is 25.6. The smallest absolute Gasteiger partial charge is 0.351 e. The van der Waals surface area contributed by atoms with E-state index in [0.29, 0.717) is 29.2 Å². The first-order valence-corrected chi connectivity index (χ1v) is 11.6. The molecule has 8 nitrogen and oxygen atoms in total. The van der Waals surface area contributed by atoms with E-state index in [0.717, 1.165) is 26.7 Å². The average molecular weight is 534 g/mol. The van der Waals surface area contributed by atoms with Gasteiger partial charge in [-0.2, -0.15) is 4.99 Å². The van der Waals surface area contributed by atoms with Crippen molar-refractivity contribution in [1.29, 1.82) is 5.41 Å². The number of urea groups is 1. The summed E-state index contributed by atoms with van der Waals surface area (Å²) in [7, 11) is 0. The number of hydrogen-bond donors (Lipinski definition) is 4. The van der Waals surface area contributed by atoms with E-state index in [1.807, 2.05) is 45.0 Å². The Bertz CT molecular complexity index is 1270. The number of nitrogens with two attached hydrogens (primary N) is 1. The summed E-state index contributed by atoms with van der Waals surface area (Å²) in [4.78, 5) is 23.6. The number of aryl methyl sites for hydroxylation is 2. The van der Waals surface area contributed by atoms with E-state index >= 15 is 0 Å². The Morgan fingerprint density at radius 3 is 2.63 bits per heavy atom. The maximum atomic E-state index is 13.5. The number of carbonyl (C=O) groups excluding carboxylic acids is 1. The number of carbonyl (C=O) groups is 1.